The van der Waals surface area contributed by atoms with Gasteiger partial charge in [-0.1, -0.05) is 0 Å². The van der Waals surface area contributed by atoms with Crippen LogP contribution in [0.15, 0.2) is 24.5 Å². The van der Waals surface area contributed by atoms with Crippen LogP contribution in [-0.4, -0.2) is 39.2 Å². The van der Waals surface area contributed by atoms with Crippen molar-refractivity contribution in [3.8, 4) is 0 Å². The summed E-state index contributed by atoms with van der Waals surface area (Å²) in [4.78, 5) is 13.3. The van der Waals surface area contributed by atoms with Gasteiger partial charge in [-0.25, -0.2) is 4.52 Å². The number of halogens is 3. The van der Waals surface area contributed by atoms with Crippen molar-refractivity contribution in [2.45, 2.75) is 25.1 Å². The van der Waals surface area contributed by atoms with Gasteiger partial charge in [0.1, 0.15) is 6.04 Å². The molecule has 2 N–H and O–H groups in total. The summed E-state index contributed by atoms with van der Waals surface area (Å²) in [6.45, 7) is 0.0999. The number of nitrogen functional groups attached to an aromatic ring is 1. The first-order chi connectivity index (χ1) is 9.88. The Kier molecular flexibility index (Phi) is 3.03. The molecule has 3 rings (SSSR count). The Morgan fingerprint density at radius 2 is 2.19 bits per heavy atom. The number of carbonyl (C=O) groups is 1. The molecule has 0 spiro atoms. The lowest BCUT2D eigenvalue weighted by Crippen LogP contribution is -2.44. The molecule has 0 radical (unpaired) electrons. The molecule has 5 nitrogen and oxygen atoms in total. The highest BCUT2D eigenvalue weighted by Crippen LogP contribution is 2.34. The Labute approximate surface area is 118 Å². The third kappa shape index (κ3) is 2.30. The summed E-state index contributed by atoms with van der Waals surface area (Å²) in [6, 6.07) is 1.41. The Morgan fingerprint density at radius 1 is 1.43 bits per heavy atom. The zero-order valence-corrected chi connectivity index (χ0v) is 11.0. The summed E-state index contributed by atoms with van der Waals surface area (Å²) >= 11 is 0. The molecule has 1 saturated heterocycles. The third-order valence-electron chi connectivity index (χ3n) is 3.67. The van der Waals surface area contributed by atoms with E-state index in [0.29, 0.717) is 17.6 Å². The molecule has 0 aliphatic carbocycles. The molecule has 112 valence electrons. The average molecular weight is 298 g/mol. The minimum absolute atomic E-state index is 0.0589. The molecule has 0 unspecified atom stereocenters. The van der Waals surface area contributed by atoms with Crippen molar-refractivity contribution in [3.63, 3.8) is 0 Å². The highest BCUT2D eigenvalue weighted by molar-refractivity contribution is 6.01. The maximum atomic E-state index is 13.0. The van der Waals surface area contributed by atoms with Crippen molar-refractivity contribution >= 4 is 17.1 Å². The summed E-state index contributed by atoms with van der Waals surface area (Å²) in [5.41, 5.74) is 6.63. The summed E-state index contributed by atoms with van der Waals surface area (Å²) in [5, 5.41) is 3.97. The van der Waals surface area contributed by atoms with Crippen molar-refractivity contribution in [2.24, 2.45) is 0 Å². The molecule has 1 amide bonds. The highest BCUT2D eigenvalue weighted by atomic mass is 19.4. The SMILES string of the molecule is Nc1ccn2ncc(C(=O)N3CCC[C@H]3C(F)(F)F)c2c1. The number of hydrogen-bond acceptors (Lipinski definition) is 3. The smallest absolute Gasteiger partial charge is 0.399 e. The van der Waals surface area contributed by atoms with Gasteiger partial charge in [0.05, 0.1) is 17.3 Å². The van der Waals surface area contributed by atoms with Gasteiger partial charge in [0.25, 0.3) is 5.91 Å². The fraction of sp³-hybridized carbons (Fsp3) is 0.385. The molecule has 2 aromatic heterocycles. The van der Waals surface area contributed by atoms with Gasteiger partial charge in [-0.3, -0.25) is 4.79 Å². The second-order valence-electron chi connectivity index (χ2n) is 5.05. The third-order valence-corrected chi connectivity index (χ3v) is 3.67. The van der Waals surface area contributed by atoms with E-state index < -0.39 is 18.1 Å². The van der Waals surface area contributed by atoms with Crippen LogP contribution in [0, 0.1) is 0 Å². The fourth-order valence-electron chi connectivity index (χ4n) is 2.67. The van der Waals surface area contributed by atoms with Crippen LogP contribution < -0.4 is 5.73 Å². The summed E-state index contributed by atoms with van der Waals surface area (Å²) in [7, 11) is 0. The van der Waals surface area contributed by atoms with E-state index in [1.165, 1.54) is 16.8 Å². The maximum absolute atomic E-state index is 13.0. The molecule has 1 atom stereocenters. The Hall–Kier alpha value is -2.25. The van der Waals surface area contributed by atoms with Crippen LogP contribution in [-0.2, 0) is 0 Å². The molecule has 2 aromatic rings. The first-order valence-electron chi connectivity index (χ1n) is 6.48. The van der Waals surface area contributed by atoms with E-state index in [0.717, 1.165) is 4.90 Å². The summed E-state index contributed by atoms with van der Waals surface area (Å²) in [6.07, 6.45) is -1.28. The van der Waals surface area contributed by atoms with E-state index in [2.05, 4.69) is 5.10 Å². The molecule has 3 heterocycles. The number of amides is 1. The molecule has 21 heavy (non-hydrogen) atoms. The maximum Gasteiger partial charge on any atom is 0.408 e. The van der Waals surface area contributed by atoms with Gasteiger partial charge in [-0.05, 0) is 25.0 Å². The number of anilines is 1. The zero-order valence-electron chi connectivity index (χ0n) is 11.0. The summed E-state index contributed by atoms with van der Waals surface area (Å²) < 4.78 is 40.3. The first-order valence-corrected chi connectivity index (χ1v) is 6.48. The van der Waals surface area contributed by atoms with Crippen molar-refractivity contribution < 1.29 is 18.0 Å². The predicted molar refractivity (Wildman–Crippen MR) is 69.7 cm³/mol. The van der Waals surface area contributed by atoms with Gasteiger partial charge in [-0.2, -0.15) is 18.3 Å². The van der Waals surface area contributed by atoms with Crippen LogP contribution in [0.1, 0.15) is 23.2 Å². The lowest BCUT2D eigenvalue weighted by atomic mass is 10.2. The number of nitrogens with zero attached hydrogens (tertiary/aromatic N) is 3. The van der Waals surface area contributed by atoms with Gasteiger partial charge in [0.2, 0.25) is 0 Å². The Bertz CT molecular complexity index is 694. The molecule has 8 heteroatoms. The van der Waals surface area contributed by atoms with Crippen molar-refractivity contribution in [3.05, 3.63) is 30.1 Å². The lowest BCUT2D eigenvalue weighted by molar-refractivity contribution is -0.169. The van der Waals surface area contributed by atoms with Crippen molar-refractivity contribution in [1.29, 1.82) is 0 Å². The number of fused-ring (bicyclic) bond motifs is 1. The van der Waals surface area contributed by atoms with Crippen molar-refractivity contribution in [1.82, 2.24) is 14.5 Å². The van der Waals surface area contributed by atoms with Gasteiger partial charge in [0.15, 0.2) is 0 Å². The van der Waals surface area contributed by atoms with Gasteiger partial charge < -0.3 is 10.6 Å². The number of rotatable bonds is 1. The van der Waals surface area contributed by atoms with E-state index in [1.54, 1.807) is 12.3 Å². The molecule has 1 fully saturated rings. The first kappa shape index (κ1) is 13.7. The van der Waals surface area contributed by atoms with Crippen LogP contribution in [0.2, 0.25) is 0 Å². The van der Waals surface area contributed by atoms with E-state index in [-0.39, 0.29) is 18.5 Å². The summed E-state index contributed by atoms with van der Waals surface area (Å²) in [5.74, 6) is -0.657. The predicted octanol–water partition coefficient (Wildman–Crippen LogP) is 2.08. The molecule has 0 aromatic carbocycles. The monoisotopic (exact) mass is 298 g/mol. The van der Waals surface area contributed by atoms with Gasteiger partial charge >= 0.3 is 6.18 Å². The number of aromatic nitrogens is 2. The average Bonchev–Trinajstić information content (AvgIpc) is 3.03. The number of pyridine rings is 1. The quantitative estimate of drug-likeness (QED) is 0.876. The largest absolute Gasteiger partial charge is 0.408 e. The zero-order chi connectivity index (χ0) is 15.2. The van der Waals surface area contributed by atoms with E-state index in [1.807, 2.05) is 0 Å². The topological polar surface area (TPSA) is 63.6 Å². The number of carbonyl (C=O) groups excluding carboxylic acids is 1. The minimum atomic E-state index is -4.41. The van der Waals surface area contributed by atoms with Crippen LogP contribution in [0.4, 0.5) is 18.9 Å². The number of hydrogen-bond donors (Lipinski definition) is 1. The second kappa shape index (κ2) is 4.64. The number of alkyl halides is 3. The second-order valence-corrected chi connectivity index (χ2v) is 5.05. The minimum Gasteiger partial charge on any atom is -0.399 e. The van der Waals surface area contributed by atoms with Gasteiger partial charge in [-0.15, -0.1) is 0 Å². The molecule has 0 saturated carbocycles. The standard InChI is InChI=1S/C13H13F3N4O/c14-13(15,16)11-2-1-4-19(11)12(21)9-7-18-20-5-3-8(17)6-10(9)20/h3,5-7,11H,1-2,4,17H2/t11-/m0/s1. The van der Waals surface area contributed by atoms with Crippen LogP contribution in [0.25, 0.3) is 5.52 Å². The molecule has 1 aliphatic rings. The highest BCUT2D eigenvalue weighted by Gasteiger charge is 2.48. The van der Waals surface area contributed by atoms with E-state index >= 15 is 0 Å². The van der Waals surface area contributed by atoms with Crippen LogP contribution in [0.3, 0.4) is 0 Å². The van der Waals surface area contributed by atoms with Crippen LogP contribution >= 0.6 is 0 Å². The Balaban J connectivity index is 1.99. The van der Waals surface area contributed by atoms with Crippen molar-refractivity contribution in [2.75, 3.05) is 12.3 Å². The molecule has 1 aliphatic heterocycles. The normalized spacial score (nSPS) is 19.4. The fourth-order valence-corrected chi connectivity index (χ4v) is 2.67. The van der Waals surface area contributed by atoms with Crippen LogP contribution in [0.5, 0.6) is 0 Å². The lowest BCUT2D eigenvalue weighted by Gasteiger charge is -2.26. The molecule has 0 bridgehead atoms. The molecular weight excluding hydrogens is 285 g/mol. The number of likely N-dealkylation sites (tertiary alicyclic amines) is 1. The molecular formula is C13H13F3N4O. The number of nitrogens with two attached hydrogens (primary N) is 1. The van der Waals surface area contributed by atoms with Gasteiger partial charge in [0, 0.05) is 18.4 Å². The van der Waals surface area contributed by atoms with E-state index in [4.69, 9.17) is 5.73 Å². The van der Waals surface area contributed by atoms with E-state index in [9.17, 15) is 18.0 Å². The Morgan fingerprint density at radius 3 is 2.90 bits per heavy atom.